The van der Waals surface area contributed by atoms with Gasteiger partial charge in [0, 0.05) is 36.7 Å². The first-order valence-corrected chi connectivity index (χ1v) is 12.5. The maximum Gasteiger partial charge on any atom is 0.337 e. The van der Waals surface area contributed by atoms with Crippen molar-refractivity contribution >= 4 is 26.9 Å². The van der Waals surface area contributed by atoms with Gasteiger partial charge < -0.3 is 23.9 Å². The largest absolute Gasteiger partial charge is 0.465 e. The lowest BCUT2D eigenvalue weighted by Crippen LogP contribution is -2.38. The number of H-pyrrole nitrogens is 1. The number of sulfonamides is 1. The highest BCUT2D eigenvalue weighted by molar-refractivity contribution is 7.89. The molecule has 0 aliphatic carbocycles. The van der Waals surface area contributed by atoms with E-state index in [1.807, 2.05) is 0 Å². The summed E-state index contributed by atoms with van der Waals surface area (Å²) >= 11 is 0. The first kappa shape index (κ1) is 23.3. The molecule has 0 saturated carbocycles. The van der Waals surface area contributed by atoms with Gasteiger partial charge in [0.15, 0.2) is 11.5 Å². The van der Waals surface area contributed by atoms with Crippen LogP contribution < -0.4 is 15.0 Å². The number of aromatic nitrogens is 1. The van der Waals surface area contributed by atoms with E-state index < -0.39 is 21.6 Å². The zero-order chi connectivity index (χ0) is 24.6. The van der Waals surface area contributed by atoms with E-state index in [1.165, 1.54) is 35.7 Å². The summed E-state index contributed by atoms with van der Waals surface area (Å²) in [6.45, 7) is 0.550. The van der Waals surface area contributed by atoms with E-state index in [9.17, 15) is 18.0 Å². The highest BCUT2D eigenvalue weighted by Gasteiger charge is 2.31. The predicted octanol–water partition coefficient (Wildman–Crippen LogP) is 2.41. The summed E-state index contributed by atoms with van der Waals surface area (Å²) in [6.07, 6.45) is 1.26. The van der Waals surface area contributed by atoms with Gasteiger partial charge in [-0.2, -0.15) is 4.31 Å². The number of aromatic amines is 1. The number of carbonyl (C=O) groups excluding carboxylic acids is 1. The molecule has 1 unspecified atom stereocenters. The first-order valence-electron chi connectivity index (χ1n) is 11.1. The van der Waals surface area contributed by atoms with Gasteiger partial charge >= 0.3 is 5.97 Å². The van der Waals surface area contributed by atoms with E-state index in [0.29, 0.717) is 35.4 Å². The zero-order valence-electron chi connectivity index (χ0n) is 19.0. The van der Waals surface area contributed by atoms with Crippen LogP contribution in [0.2, 0.25) is 0 Å². The molecule has 184 valence electrons. The van der Waals surface area contributed by atoms with Crippen molar-refractivity contribution in [3.63, 3.8) is 0 Å². The van der Waals surface area contributed by atoms with Crippen molar-refractivity contribution in [2.45, 2.75) is 30.4 Å². The van der Waals surface area contributed by atoms with E-state index in [-0.39, 0.29) is 42.0 Å². The van der Waals surface area contributed by atoms with E-state index >= 15 is 0 Å². The van der Waals surface area contributed by atoms with Gasteiger partial charge in [-0.25, -0.2) is 13.2 Å². The Morgan fingerprint density at radius 2 is 1.97 bits per heavy atom. The second kappa shape index (κ2) is 9.33. The molecule has 35 heavy (non-hydrogen) atoms. The van der Waals surface area contributed by atoms with Crippen LogP contribution in [0, 0.1) is 0 Å². The Morgan fingerprint density at radius 1 is 1.17 bits per heavy atom. The van der Waals surface area contributed by atoms with Crippen LogP contribution in [0.1, 0.15) is 28.8 Å². The maximum absolute atomic E-state index is 13.7. The third-order valence-electron chi connectivity index (χ3n) is 6.09. The first-order chi connectivity index (χ1) is 16.8. The minimum Gasteiger partial charge on any atom is -0.465 e. The number of pyridine rings is 1. The summed E-state index contributed by atoms with van der Waals surface area (Å²) < 4.78 is 49.8. The fraction of sp³-hybridized carbons (Fsp3) is 0.333. The fourth-order valence-electron chi connectivity index (χ4n) is 4.26. The summed E-state index contributed by atoms with van der Waals surface area (Å²) in [6, 6.07) is 10.7. The number of nitrogens with zero attached hydrogens (tertiary/aromatic N) is 1. The van der Waals surface area contributed by atoms with Crippen LogP contribution in [-0.4, -0.2) is 56.8 Å². The highest BCUT2D eigenvalue weighted by atomic mass is 32.2. The molecule has 1 N–H and O–H groups in total. The lowest BCUT2D eigenvalue weighted by molar-refractivity contribution is 0.0600. The molecule has 1 saturated heterocycles. The SMILES string of the molecule is COC(=O)c1cccc(S(=O)(=O)N(Cc2cc3cc4c(cc3[nH]c2=O)OCO4)CC2CCCO2)c1. The van der Waals surface area contributed by atoms with Crippen molar-refractivity contribution in [1.29, 1.82) is 0 Å². The Labute approximate surface area is 201 Å². The van der Waals surface area contributed by atoms with Gasteiger partial charge in [0.25, 0.3) is 5.56 Å². The number of nitrogens with one attached hydrogen (secondary N) is 1. The molecule has 0 bridgehead atoms. The number of methoxy groups -OCH3 is 1. The van der Waals surface area contributed by atoms with Crippen molar-refractivity contribution in [3.8, 4) is 11.5 Å². The molecule has 10 nitrogen and oxygen atoms in total. The summed E-state index contributed by atoms with van der Waals surface area (Å²) in [5, 5.41) is 0.686. The third kappa shape index (κ3) is 4.62. The Kier molecular flexibility index (Phi) is 6.22. The van der Waals surface area contributed by atoms with E-state index in [0.717, 1.165) is 6.42 Å². The number of hydrogen-bond acceptors (Lipinski definition) is 8. The summed E-state index contributed by atoms with van der Waals surface area (Å²) in [5.74, 6) is 0.449. The number of benzene rings is 2. The predicted molar refractivity (Wildman–Crippen MR) is 125 cm³/mol. The molecule has 3 aromatic rings. The molecule has 2 aliphatic heterocycles. The van der Waals surface area contributed by atoms with Crippen LogP contribution in [0.3, 0.4) is 0 Å². The van der Waals surface area contributed by atoms with Gasteiger partial charge in [-0.15, -0.1) is 0 Å². The summed E-state index contributed by atoms with van der Waals surface area (Å²) in [5.41, 5.74) is 0.529. The lowest BCUT2D eigenvalue weighted by atomic mass is 10.1. The van der Waals surface area contributed by atoms with Crippen LogP contribution in [0.5, 0.6) is 11.5 Å². The van der Waals surface area contributed by atoms with Crippen LogP contribution >= 0.6 is 0 Å². The van der Waals surface area contributed by atoms with Crippen LogP contribution in [-0.2, 0) is 26.0 Å². The average Bonchev–Trinajstić information content (AvgIpc) is 3.54. The van der Waals surface area contributed by atoms with Gasteiger partial charge in [-0.05, 0) is 43.2 Å². The van der Waals surface area contributed by atoms with Gasteiger partial charge in [0.2, 0.25) is 16.8 Å². The molecule has 11 heteroatoms. The molecule has 0 spiro atoms. The van der Waals surface area contributed by atoms with Crippen LogP contribution in [0.15, 0.2) is 52.2 Å². The highest BCUT2D eigenvalue weighted by Crippen LogP contribution is 2.35. The molecular formula is C24H24N2O8S. The Bertz CT molecular complexity index is 1440. The van der Waals surface area contributed by atoms with E-state index in [1.54, 1.807) is 18.2 Å². The standard InChI is InChI=1S/C24H24N2O8S/c1-31-24(28)15-4-2-6-19(9-15)35(29,30)26(13-18-5-3-7-32-18)12-17-8-16-10-21-22(34-14-33-21)11-20(16)25-23(17)27/h2,4,6,8-11,18H,3,5,7,12-14H2,1H3,(H,25,27). The molecule has 3 heterocycles. The Hall–Kier alpha value is -3.41. The smallest absolute Gasteiger partial charge is 0.337 e. The van der Waals surface area contributed by atoms with E-state index in [2.05, 4.69) is 4.98 Å². The number of esters is 1. The summed E-state index contributed by atoms with van der Waals surface area (Å²) in [4.78, 5) is 27.6. The molecule has 2 aliphatic rings. The molecule has 5 rings (SSSR count). The second-order valence-electron chi connectivity index (χ2n) is 8.37. The van der Waals surface area contributed by atoms with Crippen LogP contribution in [0.4, 0.5) is 0 Å². The second-order valence-corrected chi connectivity index (χ2v) is 10.3. The Morgan fingerprint density at radius 3 is 2.71 bits per heavy atom. The van der Waals surface area contributed by atoms with Gasteiger partial charge in [-0.3, -0.25) is 4.79 Å². The molecule has 0 amide bonds. The molecule has 1 aromatic heterocycles. The van der Waals surface area contributed by atoms with Crippen molar-refractivity contribution in [3.05, 3.63) is 63.9 Å². The quantitative estimate of drug-likeness (QED) is 0.491. The number of hydrogen-bond donors (Lipinski definition) is 1. The molecular weight excluding hydrogens is 476 g/mol. The van der Waals surface area contributed by atoms with Gasteiger partial charge in [0.1, 0.15) is 0 Å². The monoisotopic (exact) mass is 500 g/mol. The molecule has 2 aromatic carbocycles. The third-order valence-corrected chi connectivity index (χ3v) is 7.89. The zero-order valence-corrected chi connectivity index (χ0v) is 19.8. The number of carbonyl (C=O) groups is 1. The molecule has 0 radical (unpaired) electrons. The fourth-order valence-corrected chi connectivity index (χ4v) is 5.76. The molecule has 1 fully saturated rings. The van der Waals surface area contributed by atoms with Crippen molar-refractivity contribution in [1.82, 2.24) is 9.29 Å². The Balaban J connectivity index is 1.53. The van der Waals surface area contributed by atoms with Gasteiger partial charge in [-0.1, -0.05) is 6.07 Å². The minimum absolute atomic E-state index is 0.0704. The van der Waals surface area contributed by atoms with Crippen LogP contribution in [0.25, 0.3) is 10.9 Å². The topological polar surface area (TPSA) is 124 Å². The average molecular weight is 501 g/mol. The van der Waals surface area contributed by atoms with Crippen molar-refractivity contribution < 1.29 is 32.2 Å². The normalized spacial score (nSPS) is 17.3. The van der Waals surface area contributed by atoms with Crippen molar-refractivity contribution in [2.75, 3.05) is 27.1 Å². The molecule has 1 atom stereocenters. The number of rotatable bonds is 7. The number of fused-ring (bicyclic) bond motifs is 2. The summed E-state index contributed by atoms with van der Waals surface area (Å²) in [7, 11) is -2.85. The number of ether oxygens (including phenoxy) is 4. The van der Waals surface area contributed by atoms with Gasteiger partial charge in [0.05, 0.1) is 29.2 Å². The maximum atomic E-state index is 13.7. The van der Waals surface area contributed by atoms with Crippen molar-refractivity contribution in [2.24, 2.45) is 0 Å². The lowest BCUT2D eigenvalue weighted by Gasteiger charge is -2.25. The minimum atomic E-state index is -4.08. The van der Waals surface area contributed by atoms with E-state index in [4.69, 9.17) is 18.9 Å².